The summed E-state index contributed by atoms with van der Waals surface area (Å²) in [6.07, 6.45) is 1.50. The second kappa shape index (κ2) is 10.8. The molecule has 0 saturated carbocycles. The van der Waals surface area contributed by atoms with E-state index in [0.717, 1.165) is 5.56 Å². The number of ether oxygens (including phenoxy) is 1. The van der Waals surface area contributed by atoms with Crippen molar-refractivity contribution in [1.29, 1.82) is 0 Å². The lowest BCUT2D eigenvalue weighted by Gasteiger charge is -2.19. The van der Waals surface area contributed by atoms with Crippen LogP contribution in [0.4, 0.5) is 0 Å². The van der Waals surface area contributed by atoms with Crippen molar-refractivity contribution in [2.45, 2.75) is 38.1 Å². The predicted molar refractivity (Wildman–Crippen MR) is 100 cm³/mol. The molecule has 0 saturated heterocycles. The van der Waals surface area contributed by atoms with Crippen LogP contribution < -0.4 is 15.4 Å². The van der Waals surface area contributed by atoms with Crippen LogP contribution >= 0.6 is 12.2 Å². The van der Waals surface area contributed by atoms with E-state index < -0.39 is 16.4 Å². The van der Waals surface area contributed by atoms with Gasteiger partial charge >= 0.3 is 10.5 Å². The average molecular weight is 386 g/mol. The van der Waals surface area contributed by atoms with Crippen molar-refractivity contribution in [3.63, 3.8) is 0 Å². The highest BCUT2D eigenvalue weighted by atomic mass is 32.2. The molecule has 0 aliphatic rings. The van der Waals surface area contributed by atoms with Crippen molar-refractivity contribution in [2.24, 2.45) is 4.36 Å². The summed E-state index contributed by atoms with van der Waals surface area (Å²) in [6.45, 7) is 1.86. The average Bonchev–Trinajstić information content (AvgIpc) is 2.60. The molecule has 2 N–H and O–H groups in total. The highest BCUT2D eigenvalue weighted by Gasteiger charge is 2.23. The molecule has 0 aromatic heterocycles. The summed E-state index contributed by atoms with van der Waals surface area (Å²) >= 11 is 4.99. The highest BCUT2D eigenvalue weighted by Crippen LogP contribution is 2.26. The molecule has 0 bridgehead atoms. The second-order valence-electron chi connectivity index (χ2n) is 5.36. The standard InChI is InChI=1S/C16H23N3O4S2/c1-4-12(19-25(21)22)7-10-14(15(20)18-16(24)17-2)11-5-8-13(23-3)9-6-11/h5-6,8-9,12,14H,4,7,10H2,1-3H3,(H2,17,18,20,24). The number of nitrogens with one attached hydrogen (secondary N) is 2. The van der Waals surface area contributed by atoms with Crippen molar-refractivity contribution < 1.29 is 17.9 Å². The molecule has 0 spiro atoms. The maximum atomic E-state index is 12.6. The van der Waals surface area contributed by atoms with E-state index in [0.29, 0.717) is 25.0 Å². The Bertz CT molecular complexity index is 709. The molecule has 0 radical (unpaired) electrons. The molecule has 1 amide bonds. The van der Waals surface area contributed by atoms with Gasteiger partial charge < -0.3 is 15.4 Å². The third kappa shape index (κ3) is 7.18. The van der Waals surface area contributed by atoms with Crippen LogP contribution in [0.25, 0.3) is 0 Å². The molecular weight excluding hydrogens is 362 g/mol. The van der Waals surface area contributed by atoms with Crippen molar-refractivity contribution in [2.75, 3.05) is 14.2 Å². The fraction of sp³-hybridized carbons (Fsp3) is 0.500. The minimum atomic E-state index is -2.45. The minimum absolute atomic E-state index is 0.237. The van der Waals surface area contributed by atoms with Gasteiger partial charge in [0.25, 0.3) is 0 Å². The molecular formula is C16H23N3O4S2. The van der Waals surface area contributed by atoms with Gasteiger partial charge in [0.1, 0.15) is 5.75 Å². The van der Waals surface area contributed by atoms with Crippen molar-refractivity contribution in [3.8, 4) is 5.75 Å². The van der Waals surface area contributed by atoms with Crippen LogP contribution in [0.15, 0.2) is 28.6 Å². The summed E-state index contributed by atoms with van der Waals surface area (Å²) in [5, 5.41) is 5.58. The summed E-state index contributed by atoms with van der Waals surface area (Å²) in [6, 6.07) is 6.84. The zero-order valence-electron chi connectivity index (χ0n) is 14.5. The number of thiocarbonyl (C=S) groups is 1. The first-order valence-electron chi connectivity index (χ1n) is 7.88. The molecule has 1 rings (SSSR count). The van der Waals surface area contributed by atoms with Gasteiger partial charge in [-0.2, -0.15) is 12.8 Å². The first-order valence-corrected chi connectivity index (χ1v) is 9.32. The topological polar surface area (TPSA) is 96.9 Å². The lowest BCUT2D eigenvalue weighted by atomic mass is 9.91. The van der Waals surface area contributed by atoms with E-state index in [1.54, 1.807) is 26.3 Å². The number of carbonyl (C=O) groups is 1. The van der Waals surface area contributed by atoms with Gasteiger partial charge in [0, 0.05) is 7.05 Å². The molecule has 0 heterocycles. The van der Waals surface area contributed by atoms with Crippen molar-refractivity contribution in [3.05, 3.63) is 29.8 Å². The van der Waals surface area contributed by atoms with Gasteiger partial charge in [-0.3, -0.25) is 4.79 Å². The fourth-order valence-electron chi connectivity index (χ4n) is 2.36. The van der Waals surface area contributed by atoms with Gasteiger partial charge in [-0.25, -0.2) is 0 Å². The number of benzene rings is 1. The van der Waals surface area contributed by atoms with Crippen LogP contribution in [0.2, 0.25) is 0 Å². The first kappa shape index (κ1) is 21.0. The summed E-state index contributed by atoms with van der Waals surface area (Å²) in [5.74, 6) is -0.0269. The molecule has 0 aliphatic carbocycles. The number of methoxy groups -OCH3 is 1. The number of carbonyl (C=O) groups excluding carboxylic acids is 1. The molecule has 1 aromatic carbocycles. The maximum absolute atomic E-state index is 12.6. The normalized spacial score (nSPS) is 12.6. The van der Waals surface area contributed by atoms with Gasteiger partial charge in [-0.1, -0.05) is 19.1 Å². The van der Waals surface area contributed by atoms with Crippen LogP contribution in [0, 0.1) is 0 Å². The number of hydrogen-bond acceptors (Lipinski definition) is 6. The van der Waals surface area contributed by atoms with Crippen LogP contribution in [0.3, 0.4) is 0 Å². The van der Waals surface area contributed by atoms with E-state index in [-0.39, 0.29) is 17.1 Å². The third-order valence-corrected chi connectivity index (χ3v) is 4.57. The number of rotatable bonds is 8. The minimum Gasteiger partial charge on any atom is -0.497 e. The van der Waals surface area contributed by atoms with Crippen LogP contribution in [0.5, 0.6) is 5.75 Å². The van der Waals surface area contributed by atoms with Gasteiger partial charge in [0.05, 0.1) is 19.1 Å². The maximum Gasteiger partial charge on any atom is 0.311 e. The Hall–Kier alpha value is -2.00. The van der Waals surface area contributed by atoms with Crippen molar-refractivity contribution >= 4 is 33.7 Å². The Labute approximate surface area is 154 Å². The summed E-state index contributed by atoms with van der Waals surface area (Å²) in [7, 11) is 0.743. The third-order valence-electron chi connectivity index (χ3n) is 3.79. The van der Waals surface area contributed by atoms with E-state index in [2.05, 4.69) is 15.0 Å². The Morgan fingerprint density at radius 1 is 1.28 bits per heavy atom. The lowest BCUT2D eigenvalue weighted by molar-refractivity contribution is -0.121. The van der Waals surface area contributed by atoms with E-state index in [9.17, 15) is 13.2 Å². The molecule has 25 heavy (non-hydrogen) atoms. The molecule has 138 valence electrons. The Morgan fingerprint density at radius 3 is 2.40 bits per heavy atom. The van der Waals surface area contributed by atoms with Gasteiger partial charge in [0.2, 0.25) is 5.91 Å². The Kier molecular flexibility index (Phi) is 9.07. The van der Waals surface area contributed by atoms with Gasteiger partial charge in [-0.05, 0) is 49.2 Å². The molecule has 0 aliphatic heterocycles. The monoisotopic (exact) mass is 385 g/mol. The largest absolute Gasteiger partial charge is 0.497 e. The molecule has 2 atom stereocenters. The predicted octanol–water partition coefficient (Wildman–Crippen LogP) is 2.02. The SMILES string of the molecule is CCC(CCC(C(=O)NC(=S)NC)c1ccc(OC)cc1)N=S(=O)=O. The fourth-order valence-corrected chi connectivity index (χ4v) is 2.96. The van der Waals surface area contributed by atoms with Gasteiger partial charge in [0.15, 0.2) is 5.11 Å². The highest BCUT2D eigenvalue weighted by molar-refractivity contribution is 7.80. The summed E-state index contributed by atoms with van der Waals surface area (Å²) in [4.78, 5) is 12.6. The van der Waals surface area contributed by atoms with E-state index in [1.165, 1.54) is 0 Å². The molecule has 2 unspecified atom stereocenters. The number of nitrogens with zero attached hydrogens (tertiary/aromatic N) is 1. The van der Waals surface area contributed by atoms with Gasteiger partial charge in [-0.15, -0.1) is 0 Å². The van der Waals surface area contributed by atoms with Crippen molar-refractivity contribution in [1.82, 2.24) is 10.6 Å². The molecule has 7 nitrogen and oxygen atoms in total. The van der Waals surface area contributed by atoms with Crippen LogP contribution in [0.1, 0.15) is 37.7 Å². The number of hydrogen-bond donors (Lipinski definition) is 2. The Morgan fingerprint density at radius 2 is 1.92 bits per heavy atom. The van der Waals surface area contributed by atoms with E-state index in [1.807, 2.05) is 19.1 Å². The zero-order chi connectivity index (χ0) is 18.8. The lowest BCUT2D eigenvalue weighted by Crippen LogP contribution is -2.40. The molecule has 0 fully saturated rings. The quantitative estimate of drug-likeness (QED) is 0.665. The van der Waals surface area contributed by atoms with E-state index in [4.69, 9.17) is 17.0 Å². The second-order valence-corrected chi connectivity index (χ2v) is 6.41. The van der Waals surface area contributed by atoms with E-state index >= 15 is 0 Å². The van der Waals surface area contributed by atoms with Crippen LogP contribution in [-0.2, 0) is 15.3 Å². The first-order chi connectivity index (χ1) is 11.9. The summed E-state index contributed by atoms with van der Waals surface area (Å²) in [5.41, 5.74) is 0.801. The number of amides is 1. The Balaban J connectivity index is 2.98. The molecule has 9 heteroatoms. The summed E-state index contributed by atoms with van der Waals surface area (Å²) < 4.78 is 30.4. The smallest absolute Gasteiger partial charge is 0.311 e. The van der Waals surface area contributed by atoms with Crippen LogP contribution in [-0.4, -0.2) is 39.6 Å². The molecule has 1 aromatic rings. The zero-order valence-corrected chi connectivity index (χ0v) is 16.1.